The molecule has 1 saturated carbocycles. The molecular weight excluding hydrogens is 628 g/mol. The van der Waals surface area contributed by atoms with E-state index in [9.17, 15) is 10.1 Å². The first-order chi connectivity index (χ1) is 24.2. The van der Waals surface area contributed by atoms with Gasteiger partial charge in [0.2, 0.25) is 11.8 Å². The number of nitrogens with zero attached hydrogens (tertiary/aromatic N) is 2. The molecule has 1 heterocycles. The van der Waals surface area contributed by atoms with Crippen LogP contribution < -0.4 is 9.64 Å². The lowest BCUT2D eigenvalue weighted by Gasteiger charge is -2.39. The van der Waals surface area contributed by atoms with Gasteiger partial charge in [0.1, 0.15) is 11.4 Å². The van der Waals surface area contributed by atoms with E-state index >= 15 is 14.4 Å². The van der Waals surface area contributed by atoms with Crippen LogP contribution in [0.1, 0.15) is 33.4 Å². The lowest BCUT2D eigenvalue weighted by molar-refractivity contribution is -0.384. The van der Waals surface area contributed by atoms with Gasteiger partial charge in [-0.25, -0.2) is 4.90 Å². The Morgan fingerprint density at radius 1 is 0.640 bits per heavy atom. The summed E-state index contributed by atoms with van der Waals surface area (Å²) in [6.07, 6.45) is 0. The van der Waals surface area contributed by atoms with Crippen LogP contribution in [0.4, 0.5) is 11.4 Å². The van der Waals surface area contributed by atoms with E-state index in [4.69, 9.17) is 4.74 Å². The summed E-state index contributed by atoms with van der Waals surface area (Å²) < 4.78 is 5.26. The van der Waals surface area contributed by atoms with Crippen LogP contribution in [0.15, 0.2) is 127 Å². The Labute approximate surface area is 288 Å². The van der Waals surface area contributed by atoms with Gasteiger partial charge in [-0.2, -0.15) is 0 Å². The first-order valence-electron chi connectivity index (χ1n) is 16.4. The quantitative estimate of drug-likeness (QED) is 0.102. The molecule has 5 aromatic rings. The van der Waals surface area contributed by atoms with Crippen LogP contribution in [0.5, 0.6) is 5.75 Å². The molecule has 8 heteroatoms. The molecule has 4 atom stereocenters. The van der Waals surface area contributed by atoms with Gasteiger partial charge in [-0.1, -0.05) is 120 Å². The number of carbonyl (C=O) groups excluding carboxylic acids is 3. The predicted octanol–water partition coefficient (Wildman–Crippen LogP) is 7.41. The Bertz CT molecular complexity index is 2140. The van der Waals surface area contributed by atoms with Crippen molar-refractivity contribution in [2.75, 3.05) is 12.0 Å². The average Bonchev–Trinajstić information content (AvgIpc) is 3.64. The van der Waals surface area contributed by atoms with E-state index in [0.717, 1.165) is 27.2 Å². The molecule has 2 aliphatic carbocycles. The highest BCUT2D eigenvalue weighted by Gasteiger charge is 2.83. The molecule has 0 aromatic heterocycles. The topological polar surface area (TPSA) is 107 Å². The Morgan fingerprint density at radius 3 is 1.48 bits per heavy atom. The number of methoxy groups -OCH3 is 1. The molecule has 2 bridgehead atoms. The summed E-state index contributed by atoms with van der Waals surface area (Å²) in [5.74, 6) is -3.75. The molecule has 50 heavy (non-hydrogen) atoms. The zero-order valence-electron chi connectivity index (χ0n) is 27.6. The molecule has 8 rings (SSSR count). The van der Waals surface area contributed by atoms with Gasteiger partial charge in [0, 0.05) is 0 Å². The molecule has 8 nitrogen and oxygen atoms in total. The minimum atomic E-state index is -1.61. The van der Waals surface area contributed by atoms with Crippen molar-refractivity contribution < 1.29 is 24.0 Å². The third kappa shape index (κ3) is 3.96. The van der Waals surface area contributed by atoms with Gasteiger partial charge in [-0.05, 0) is 59.4 Å². The van der Waals surface area contributed by atoms with Gasteiger partial charge >= 0.3 is 0 Å². The molecule has 0 unspecified atom stereocenters. The second kappa shape index (κ2) is 11.2. The largest absolute Gasteiger partial charge is 0.496 e. The smallest absolute Gasteiger partial charge is 0.297 e. The van der Waals surface area contributed by atoms with Crippen molar-refractivity contribution in [3.63, 3.8) is 0 Å². The molecule has 5 aromatic carbocycles. The summed E-state index contributed by atoms with van der Waals surface area (Å²) in [6, 6.07) is 38.3. The maximum Gasteiger partial charge on any atom is 0.297 e. The summed E-state index contributed by atoms with van der Waals surface area (Å²) >= 11 is 0. The second-order valence-corrected chi connectivity index (χ2v) is 13.2. The van der Waals surface area contributed by atoms with Crippen molar-refractivity contribution in [1.82, 2.24) is 0 Å². The minimum absolute atomic E-state index is 0.160. The number of ether oxygens (including phenoxy) is 1. The van der Waals surface area contributed by atoms with Crippen molar-refractivity contribution in [2.45, 2.75) is 24.7 Å². The number of imide groups is 1. The molecular formula is C42H32N2O6. The summed E-state index contributed by atoms with van der Waals surface area (Å²) in [5, 5.41) is 12.4. The summed E-state index contributed by atoms with van der Waals surface area (Å²) in [6.45, 7) is 3.97. The van der Waals surface area contributed by atoms with Crippen LogP contribution in [0.3, 0.4) is 0 Å². The molecule has 3 aliphatic rings. The van der Waals surface area contributed by atoms with Crippen molar-refractivity contribution in [1.29, 1.82) is 0 Å². The number of benzene rings is 5. The highest BCUT2D eigenvalue weighted by Crippen LogP contribution is 2.74. The fraction of sp³-hybridized carbons (Fsp3) is 0.167. The highest BCUT2D eigenvalue weighted by molar-refractivity contribution is 6.39. The number of nitro benzene ring substituents is 1. The van der Waals surface area contributed by atoms with Crippen LogP contribution in [-0.4, -0.2) is 29.6 Å². The van der Waals surface area contributed by atoms with Gasteiger partial charge in [0.05, 0.1) is 40.8 Å². The number of hydrogen-bond donors (Lipinski definition) is 0. The Balaban J connectivity index is 1.54. The number of amides is 2. The van der Waals surface area contributed by atoms with E-state index in [1.807, 2.05) is 123 Å². The number of nitro groups is 1. The van der Waals surface area contributed by atoms with E-state index in [2.05, 4.69) is 0 Å². The minimum Gasteiger partial charge on any atom is -0.496 e. The second-order valence-electron chi connectivity index (χ2n) is 13.2. The number of hydrogen-bond acceptors (Lipinski definition) is 6. The fourth-order valence-corrected chi connectivity index (χ4v) is 8.77. The first kappa shape index (κ1) is 31.1. The van der Waals surface area contributed by atoms with E-state index in [-0.39, 0.29) is 17.2 Å². The summed E-state index contributed by atoms with van der Waals surface area (Å²) in [4.78, 5) is 59.2. The molecule has 246 valence electrons. The van der Waals surface area contributed by atoms with Crippen LogP contribution in [0.2, 0.25) is 0 Å². The average molecular weight is 661 g/mol. The molecule has 0 radical (unpaired) electrons. The van der Waals surface area contributed by atoms with E-state index in [0.29, 0.717) is 22.3 Å². The number of rotatable bonds is 7. The maximum absolute atomic E-state index is 16.0. The zero-order valence-corrected chi connectivity index (χ0v) is 27.6. The van der Waals surface area contributed by atoms with Crippen LogP contribution in [-0.2, 0) is 25.2 Å². The van der Waals surface area contributed by atoms with Crippen LogP contribution in [0.25, 0.3) is 11.1 Å². The van der Waals surface area contributed by atoms with E-state index < -0.39 is 45.1 Å². The molecule has 0 N–H and O–H groups in total. The molecule has 2 amide bonds. The first-order valence-corrected chi connectivity index (χ1v) is 16.4. The zero-order chi connectivity index (χ0) is 34.9. The monoisotopic (exact) mass is 660 g/mol. The maximum atomic E-state index is 16.0. The van der Waals surface area contributed by atoms with Gasteiger partial charge in [-0.15, -0.1) is 0 Å². The number of carbonyl (C=O) groups is 3. The molecule has 1 aliphatic heterocycles. The summed E-state index contributed by atoms with van der Waals surface area (Å²) in [5.41, 5.74) is 2.23. The lowest BCUT2D eigenvalue weighted by atomic mass is 9.59. The third-order valence-corrected chi connectivity index (χ3v) is 10.8. The normalized spacial score (nSPS) is 23.8. The van der Waals surface area contributed by atoms with Crippen LogP contribution in [0, 0.1) is 35.8 Å². The van der Waals surface area contributed by atoms with E-state index in [1.165, 1.54) is 25.3 Å². The lowest BCUT2D eigenvalue weighted by Crippen LogP contribution is -2.45. The van der Waals surface area contributed by atoms with Gasteiger partial charge in [0.25, 0.3) is 5.69 Å². The number of allylic oxidation sites excluding steroid dienone is 2. The summed E-state index contributed by atoms with van der Waals surface area (Å²) in [7, 11) is 1.39. The molecule has 0 spiro atoms. The standard InChI is InChI=1S/C42H32N2O6/c1-25-14-18-27(19-15-25)34-35(28-20-16-26(2)17-21-28)42(30-12-8-5-9-13-30)37-36(41(34,40(42)47)29-10-6-4-7-11-29)38(45)43(39(37)46)32-23-22-31(50-3)24-33(32)44(48)49/h4-24,36-37H,1-3H3/t36-,37-,41-,42-/m0/s1. The molecule has 2 fully saturated rings. The van der Waals surface area contributed by atoms with Crippen molar-refractivity contribution in [3.8, 4) is 5.75 Å². The molecule has 1 saturated heterocycles. The number of fused-ring (bicyclic) bond motifs is 5. The predicted molar refractivity (Wildman–Crippen MR) is 190 cm³/mol. The highest BCUT2D eigenvalue weighted by atomic mass is 16.6. The van der Waals surface area contributed by atoms with Crippen molar-refractivity contribution in [3.05, 3.63) is 171 Å². The van der Waals surface area contributed by atoms with Crippen LogP contribution >= 0.6 is 0 Å². The number of ketones is 1. The number of aryl methyl sites for hydroxylation is 2. The SMILES string of the molecule is COc1ccc(N2C(=O)[C@@H]3[C@@H](C2=O)[C@@]2(c4ccccc4)C(=O)[C@@]3(c3ccccc3)C(c3ccc(C)cc3)=C2c2ccc(C)cc2)c([N+](=O)[O-])c1. The Morgan fingerprint density at radius 2 is 1.08 bits per heavy atom. The Hall–Kier alpha value is -6.15. The van der Waals surface area contributed by atoms with E-state index in [1.54, 1.807) is 0 Å². The van der Waals surface area contributed by atoms with Gasteiger partial charge < -0.3 is 4.74 Å². The van der Waals surface area contributed by atoms with Gasteiger partial charge in [0.15, 0.2) is 5.78 Å². The van der Waals surface area contributed by atoms with Crippen molar-refractivity contribution in [2.24, 2.45) is 11.8 Å². The number of Topliss-reactive ketones (excluding diaryl/α,β-unsaturated/α-hetero) is 1. The van der Waals surface area contributed by atoms with Crippen molar-refractivity contribution >= 4 is 40.1 Å². The third-order valence-electron chi connectivity index (χ3n) is 10.8. The van der Waals surface area contributed by atoms with Gasteiger partial charge in [-0.3, -0.25) is 24.5 Å². The number of anilines is 1. The fourth-order valence-electron chi connectivity index (χ4n) is 8.77. The Kier molecular flexibility index (Phi) is 6.98.